The number of hydrogen-bond donors (Lipinski definition) is 4. The lowest BCUT2D eigenvalue weighted by Crippen LogP contribution is -2.39. The quantitative estimate of drug-likeness (QED) is 0.0400. The maximum Gasteiger partial charge on any atom is 0.474 e. The number of fused-ring (bicyclic) bond motifs is 1. The Morgan fingerprint density at radius 3 is 2.17 bits per heavy atom. The number of nitriles is 1. The van der Waals surface area contributed by atoms with Crippen molar-refractivity contribution in [2.45, 2.75) is 160 Å². The van der Waals surface area contributed by atoms with Gasteiger partial charge in [0, 0.05) is 6.61 Å². The number of aromatic nitrogens is 3. The van der Waals surface area contributed by atoms with E-state index in [1.807, 2.05) is 0 Å². The van der Waals surface area contributed by atoms with Gasteiger partial charge in [0.25, 0.3) is 0 Å². The summed E-state index contributed by atoms with van der Waals surface area (Å²) in [7, 11) is -5.07. The number of nitrogens with zero attached hydrogens (tertiary/aromatic N) is 4. The van der Waals surface area contributed by atoms with Gasteiger partial charge in [-0.1, -0.05) is 109 Å². The molecule has 0 saturated carbocycles. The van der Waals surface area contributed by atoms with Gasteiger partial charge in [0.1, 0.15) is 35.8 Å². The van der Waals surface area contributed by atoms with Crippen molar-refractivity contribution < 1.29 is 56.1 Å². The lowest BCUT2D eigenvalue weighted by molar-refractivity contribution is -0.157. The van der Waals surface area contributed by atoms with E-state index in [0.29, 0.717) is 12.1 Å². The molecule has 1 unspecified atom stereocenters. The van der Waals surface area contributed by atoms with Crippen molar-refractivity contribution in [1.29, 1.82) is 5.26 Å². The molecule has 0 radical (unpaired) electrons. The maximum absolute atomic E-state index is 13.9. The van der Waals surface area contributed by atoms with Crippen molar-refractivity contribution in [2.75, 3.05) is 25.6 Å². The Labute approximate surface area is 344 Å². The molecule has 3 heterocycles. The number of hydrogen-bond acceptors (Lipinski definition) is 12. The molecule has 1 aliphatic rings. The number of phosphoric acid groups is 1. The monoisotopic (exact) mass is 855 g/mol. The van der Waals surface area contributed by atoms with Crippen LogP contribution in [0.25, 0.3) is 5.52 Å². The minimum Gasteiger partial charge on any atom is -0.387 e. The van der Waals surface area contributed by atoms with Gasteiger partial charge in [-0.05, 0) is 43.2 Å². The molecule has 5 N–H and O–H groups in total. The Kier molecular flexibility index (Phi) is 19.5. The van der Waals surface area contributed by atoms with Crippen LogP contribution in [0.15, 0.2) is 36.7 Å². The van der Waals surface area contributed by atoms with Crippen LogP contribution in [0, 0.1) is 11.3 Å². The van der Waals surface area contributed by atoms with Crippen molar-refractivity contribution >= 4 is 19.2 Å². The molecule has 1 saturated heterocycles. The summed E-state index contributed by atoms with van der Waals surface area (Å²) in [5.41, 5.74) is 3.36. The minimum absolute atomic E-state index is 0.142. The lowest BCUT2D eigenvalue weighted by atomic mass is 9.94. The topological polar surface area (TPSA) is 204 Å². The van der Waals surface area contributed by atoms with E-state index < -0.39 is 63.0 Å². The fourth-order valence-corrected chi connectivity index (χ4v) is 8.02. The molecule has 1 fully saturated rings. The fraction of sp³-hybridized carbons (Fsp3) is 0.683. The van der Waals surface area contributed by atoms with E-state index in [2.05, 4.69) is 17.0 Å². The summed E-state index contributed by atoms with van der Waals surface area (Å²) in [4.78, 5) is 14.6. The van der Waals surface area contributed by atoms with Crippen LogP contribution < -0.4 is 5.73 Å². The number of nitrogens with two attached hydrogens (primary N) is 1. The van der Waals surface area contributed by atoms with Gasteiger partial charge >= 0.3 is 14.0 Å². The van der Waals surface area contributed by atoms with Gasteiger partial charge < -0.3 is 35.1 Å². The van der Waals surface area contributed by atoms with E-state index >= 15 is 0 Å². The third-order valence-electron chi connectivity index (χ3n) is 10.6. The van der Waals surface area contributed by atoms with Crippen LogP contribution in [-0.4, -0.2) is 74.1 Å². The highest BCUT2D eigenvalue weighted by Crippen LogP contribution is 2.50. The van der Waals surface area contributed by atoms with Gasteiger partial charge in [0.05, 0.1) is 42.7 Å². The molecule has 1 aliphatic heterocycles. The zero-order valence-corrected chi connectivity index (χ0v) is 35.0. The van der Waals surface area contributed by atoms with E-state index in [4.69, 9.17) is 34.3 Å². The number of halogens is 3. The Bertz CT molecular complexity index is 1810. The number of anilines is 1. The number of unbranched alkanes of at least 4 members (excludes halogenated alkanes) is 15. The second kappa shape index (κ2) is 23.7. The van der Waals surface area contributed by atoms with Crippen molar-refractivity contribution in [3.8, 4) is 6.07 Å². The number of aliphatic hydroxyl groups is 2. The first kappa shape index (κ1) is 48.5. The molecule has 0 aliphatic carbocycles. The molecule has 1 aromatic carbocycles. The summed E-state index contributed by atoms with van der Waals surface area (Å²) in [5.74, 6) is 0.142. The van der Waals surface area contributed by atoms with Crippen molar-refractivity contribution in [1.82, 2.24) is 14.6 Å². The van der Waals surface area contributed by atoms with E-state index in [0.717, 1.165) is 37.8 Å². The van der Waals surface area contributed by atoms with Crippen LogP contribution >= 0.6 is 7.82 Å². The summed E-state index contributed by atoms with van der Waals surface area (Å²) in [6, 6.07) is 7.89. The predicted octanol–water partition coefficient (Wildman–Crippen LogP) is 8.49. The van der Waals surface area contributed by atoms with Crippen LogP contribution in [0.1, 0.15) is 139 Å². The number of phosphoric ester groups is 1. The molecule has 0 spiro atoms. The molecule has 6 atom stereocenters. The highest BCUT2D eigenvalue weighted by atomic mass is 31.2. The van der Waals surface area contributed by atoms with Gasteiger partial charge in [-0.25, -0.2) is 14.1 Å². The summed E-state index contributed by atoms with van der Waals surface area (Å²) >= 11 is 0. The molecule has 4 rings (SSSR count). The van der Waals surface area contributed by atoms with Crippen molar-refractivity contribution in [2.24, 2.45) is 0 Å². The van der Waals surface area contributed by atoms with Crippen molar-refractivity contribution in [3.63, 3.8) is 0 Å². The Balaban J connectivity index is 1.25. The SMILES string of the molecule is CCCCCCCCCCCCCCCCCCOC[C@H](COP(=O)(O)O[C@H]1O[C@@](C)(c2ccc3c(N)ncnn23)[C@H](O)[C@@H]1O)OCc1ccc(C#N)cc1C(F)(F)F. The zero-order chi connectivity index (χ0) is 42.9. The number of nitrogen functional groups attached to an aromatic ring is 1. The number of rotatable bonds is 28. The van der Waals surface area contributed by atoms with E-state index in [9.17, 15) is 32.8 Å². The highest BCUT2D eigenvalue weighted by Gasteiger charge is 2.56. The minimum atomic E-state index is -5.07. The molecule has 18 heteroatoms. The summed E-state index contributed by atoms with van der Waals surface area (Å²) in [5, 5.41) is 35.0. The number of alkyl halides is 3. The summed E-state index contributed by atoms with van der Waals surface area (Å²) in [6.45, 7) is 2.55. The average Bonchev–Trinajstić information content (AvgIpc) is 3.74. The molecular formula is C41H61F3N5O9P. The second-order valence-electron chi connectivity index (χ2n) is 15.4. The first-order valence-electron chi connectivity index (χ1n) is 20.8. The van der Waals surface area contributed by atoms with Crippen LogP contribution in [0.5, 0.6) is 0 Å². The van der Waals surface area contributed by atoms with Crippen LogP contribution in [0.4, 0.5) is 19.0 Å². The van der Waals surface area contributed by atoms with E-state index in [-0.39, 0.29) is 29.2 Å². The first-order chi connectivity index (χ1) is 28.2. The van der Waals surface area contributed by atoms with Gasteiger partial charge in [0.2, 0.25) is 0 Å². The second-order valence-corrected chi connectivity index (χ2v) is 16.8. The summed E-state index contributed by atoms with van der Waals surface area (Å²) < 4.78 is 83.8. The average molecular weight is 856 g/mol. The van der Waals surface area contributed by atoms with E-state index in [1.165, 1.54) is 107 Å². The third-order valence-corrected chi connectivity index (χ3v) is 11.6. The van der Waals surface area contributed by atoms with Crippen LogP contribution in [0.3, 0.4) is 0 Å². The molecule has 59 heavy (non-hydrogen) atoms. The molecule has 0 amide bonds. The van der Waals surface area contributed by atoms with Crippen molar-refractivity contribution in [3.05, 3.63) is 59.0 Å². The Morgan fingerprint density at radius 2 is 1.58 bits per heavy atom. The molecule has 2 aromatic heterocycles. The summed E-state index contributed by atoms with van der Waals surface area (Å²) in [6.07, 6.45) is 9.36. The van der Waals surface area contributed by atoms with Gasteiger partial charge in [-0.15, -0.1) is 0 Å². The lowest BCUT2D eigenvalue weighted by Gasteiger charge is -2.27. The molecule has 3 aromatic rings. The normalized spacial score (nSPS) is 21.2. The Hall–Kier alpha value is -3.17. The fourth-order valence-electron chi connectivity index (χ4n) is 7.17. The van der Waals surface area contributed by atoms with Gasteiger partial charge in [-0.2, -0.15) is 23.5 Å². The molecule has 0 bridgehead atoms. The Morgan fingerprint density at radius 1 is 0.966 bits per heavy atom. The van der Waals surface area contributed by atoms with E-state index in [1.54, 1.807) is 12.1 Å². The third kappa shape index (κ3) is 14.8. The highest BCUT2D eigenvalue weighted by molar-refractivity contribution is 7.47. The predicted molar refractivity (Wildman–Crippen MR) is 214 cm³/mol. The standard InChI is InChI=1S/C41H61F3N5O9P/c1-3-4-5-6-7-8-9-10-11-12-13-14-15-16-17-18-23-54-27-32(55-26-31-20-19-30(25-45)24-33(31)41(42,43)44)28-56-59(52,53)58-39-36(50)37(51)40(2,57-39)35-22-21-34-38(46)47-29-48-49(34)35/h19-22,24,29,32,36-37,39,50-51H,3-18,23,26-28H2,1-2H3,(H,52,53)(H2,46,47,48)/t32-,36+,37-,39-,40+/m1/s1. The number of benzene rings is 1. The number of aliphatic hydroxyl groups excluding tert-OH is 2. The number of ether oxygens (including phenoxy) is 3. The maximum atomic E-state index is 13.9. The molecular weight excluding hydrogens is 794 g/mol. The van der Waals surface area contributed by atoms with Gasteiger partial charge in [-0.3, -0.25) is 9.05 Å². The first-order valence-corrected chi connectivity index (χ1v) is 22.3. The molecule has 330 valence electrons. The smallest absolute Gasteiger partial charge is 0.387 e. The van der Waals surface area contributed by atoms with Crippen LogP contribution in [-0.2, 0) is 46.2 Å². The van der Waals surface area contributed by atoms with Crippen LogP contribution in [0.2, 0.25) is 0 Å². The van der Waals surface area contributed by atoms with Gasteiger partial charge in [0.15, 0.2) is 12.1 Å². The zero-order valence-electron chi connectivity index (χ0n) is 34.2. The largest absolute Gasteiger partial charge is 0.474 e. The molecule has 14 nitrogen and oxygen atoms in total.